The van der Waals surface area contributed by atoms with Gasteiger partial charge in [0.15, 0.2) is 5.78 Å². The van der Waals surface area contributed by atoms with Gasteiger partial charge < -0.3 is 4.74 Å². The molecule has 0 saturated heterocycles. The van der Waals surface area contributed by atoms with Crippen LogP contribution in [0, 0.1) is 0 Å². The summed E-state index contributed by atoms with van der Waals surface area (Å²) in [5.41, 5.74) is 0.636. The Hall–Kier alpha value is -1.64. The summed E-state index contributed by atoms with van der Waals surface area (Å²) in [7, 11) is 1.31. The minimum atomic E-state index is -0.353. The van der Waals surface area contributed by atoms with Crippen molar-refractivity contribution in [1.29, 1.82) is 0 Å². The number of rotatable bonds is 4. The third-order valence-electron chi connectivity index (χ3n) is 1.88. The van der Waals surface area contributed by atoms with E-state index in [1.165, 1.54) is 7.11 Å². The van der Waals surface area contributed by atoms with E-state index in [-0.39, 0.29) is 24.6 Å². The standard InChI is InChI=1S/C11H12O3.C2H6/c1-14-11(13)8-7-10(12)9-5-3-2-4-6-9;1-2/h2-6H,7-8H2,1H3;1-2H3. The first-order valence-electron chi connectivity index (χ1n) is 5.39. The molecule has 0 unspecified atom stereocenters. The Morgan fingerprint density at radius 2 is 1.62 bits per heavy atom. The van der Waals surface area contributed by atoms with Crippen molar-refractivity contribution >= 4 is 11.8 Å². The van der Waals surface area contributed by atoms with Crippen LogP contribution >= 0.6 is 0 Å². The molecule has 0 heterocycles. The fourth-order valence-electron chi connectivity index (χ4n) is 1.09. The number of Topliss-reactive ketones (excluding diaryl/α,β-unsaturated/α-hetero) is 1. The fourth-order valence-corrected chi connectivity index (χ4v) is 1.09. The van der Waals surface area contributed by atoms with Gasteiger partial charge in [0.05, 0.1) is 13.5 Å². The molecule has 16 heavy (non-hydrogen) atoms. The van der Waals surface area contributed by atoms with Gasteiger partial charge in [-0.25, -0.2) is 0 Å². The summed E-state index contributed by atoms with van der Waals surface area (Å²) in [6.45, 7) is 4.00. The zero-order chi connectivity index (χ0) is 12.4. The zero-order valence-electron chi connectivity index (χ0n) is 10.0. The molecule has 0 aliphatic heterocycles. The first kappa shape index (κ1) is 14.4. The number of methoxy groups -OCH3 is 1. The van der Waals surface area contributed by atoms with Gasteiger partial charge in [-0.3, -0.25) is 9.59 Å². The van der Waals surface area contributed by atoms with E-state index in [0.29, 0.717) is 5.56 Å². The number of carbonyl (C=O) groups excluding carboxylic acids is 2. The topological polar surface area (TPSA) is 43.4 Å². The molecule has 0 aromatic heterocycles. The van der Waals surface area contributed by atoms with Crippen LogP contribution in [0.15, 0.2) is 30.3 Å². The summed E-state index contributed by atoms with van der Waals surface area (Å²) in [6, 6.07) is 8.91. The molecule has 0 radical (unpaired) electrons. The molecular formula is C13H18O3. The first-order chi connectivity index (χ1) is 7.74. The van der Waals surface area contributed by atoms with Crippen molar-refractivity contribution in [3.05, 3.63) is 35.9 Å². The highest BCUT2D eigenvalue weighted by Crippen LogP contribution is 2.05. The molecule has 0 aliphatic carbocycles. The maximum atomic E-state index is 11.5. The molecule has 0 spiro atoms. The molecule has 0 fully saturated rings. The molecular weight excluding hydrogens is 204 g/mol. The van der Waals surface area contributed by atoms with Crippen LogP contribution in [0.5, 0.6) is 0 Å². The lowest BCUT2D eigenvalue weighted by Gasteiger charge is -1.99. The van der Waals surface area contributed by atoms with E-state index in [0.717, 1.165) is 0 Å². The largest absolute Gasteiger partial charge is 0.469 e. The average molecular weight is 222 g/mol. The minimum Gasteiger partial charge on any atom is -0.469 e. The van der Waals surface area contributed by atoms with Crippen molar-refractivity contribution in [3.8, 4) is 0 Å². The van der Waals surface area contributed by atoms with E-state index in [2.05, 4.69) is 4.74 Å². The van der Waals surface area contributed by atoms with Crippen molar-refractivity contribution in [1.82, 2.24) is 0 Å². The van der Waals surface area contributed by atoms with Crippen molar-refractivity contribution < 1.29 is 14.3 Å². The molecule has 0 atom stereocenters. The molecule has 0 N–H and O–H groups in total. The van der Waals surface area contributed by atoms with Gasteiger partial charge in [-0.05, 0) is 0 Å². The monoisotopic (exact) mass is 222 g/mol. The van der Waals surface area contributed by atoms with E-state index < -0.39 is 0 Å². The lowest BCUT2D eigenvalue weighted by atomic mass is 10.1. The summed E-state index contributed by atoms with van der Waals surface area (Å²) in [5, 5.41) is 0. The summed E-state index contributed by atoms with van der Waals surface area (Å²) >= 11 is 0. The van der Waals surface area contributed by atoms with E-state index in [4.69, 9.17) is 0 Å². The van der Waals surface area contributed by atoms with Crippen LogP contribution in [-0.2, 0) is 9.53 Å². The Labute approximate surface area is 96.4 Å². The van der Waals surface area contributed by atoms with Crippen LogP contribution < -0.4 is 0 Å². The van der Waals surface area contributed by atoms with Gasteiger partial charge in [-0.15, -0.1) is 0 Å². The van der Waals surface area contributed by atoms with Crippen molar-refractivity contribution in [2.24, 2.45) is 0 Å². The molecule has 0 aliphatic rings. The van der Waals surface area contributed by atoms with Gasteiger partial charge in [0.25, 0.3) is 0 Å². The van der Waals surface area contributed by atoms with Gasteiger partial charge in [-0.1, -0.05) is 44.2 Å². The second kappa shape index (κ2) is 8.65. The molecule has 1 rings (SSSR count). The average Bonchev–Trinajstić information content (AvgIpc) is 2.38. The smallest absolute Gasteiger partial charge is 0.305 e. The van der Waals surface area contributed by atoms with Crippen molar-refractivity contribution in [3.63, 3.8) is 0 Å². The maximum absolute atomic E-state index is 11.5. The molecule has 0 saturated carbocycles. The maximum Gasteiger partial charge on any atom is 0.305 e. The van der Waals surface area contributed by atoms with Gasteiger partial charge >= 0.3 is 5.97 Å². The van der Waals surface area contributed by atoms with E-state index in [9.17, 15) is 9.59 Å². The second-order valence-electron chi connectivity index (χ2n) is 2.87. The predicted octanol–water partition coefficient (Wildman–Crippen LogP) is 2.85. The van der Waals surface area contributed by atoms with E-state index in [1.54, 1.807) is 24.3 Å². The molecule has 3 nitrogen and oxygen atoms in total. The Morgan fingerprint density at radius 3 is 2.12 bits per heavy atom. The molecule has 88 valence electrons. The van der Waals surface area contributed by atoms with Crippen LogP contribution in [0.3, 0.4) is 0 Å². The number of hydrogen-bond acceptors (Lipinski definition) is 3. The van der Waals surface area contributed by atoms with Crippen molar-refractivity contribution in [2.75, 3.05) is 7.11 Å². The van der Waals surface area contributed by atoms with Crippen molar-refractivity contribution in [2.45, 2.75) is 26.7 Å². The quantitative estimate of drug-likeness (QED) is 0.581. The highest BCUT2D eigenvalue weighted by molar-refractivity contribution is 5.97. The van der Waals surface area contributed by atoms with Gasteiger partial charge in [0.1, 0.15) is 0 Å². The summed E-state index contributed by atoms with van der Waals surface area (Å²) in [6.07, 6.45) is 0.348. The number of benzene rings is 1. The van der Waals surface area contributed by atoms with E-state index in [1.807, 2.05) is 19.9 Å². The predicted molar refractivity (Wildman–Crippen MR) is 63.4 cm³/mol. The summed E-state index contributed by atoms with van der Waals surface area (Å²) in [5.74, 6) is -0.384. The van der Waals surface area contributed by atoms with Gasteiger partial charge in [0, 0.05) is 12.0 Å². The number of carbonyl (C=O) groups is 2. The van der Waals surface area contributed by atoms with Crippen LogP contribution in [0.25, 0.3) is 0 Å². The number of ether oxygens (including phenoxy) is 1. The lowest BCUT2D eigenvalue weighted by Crippen LogP contribution is -2.05. The highest BCUT2D eigenvalue weighted by atomic mass is 16.5. The van der Waals surface area contributed by atoms with Gasteiger partial charge in [0.2, 0.25) is 0 Å². The number of ketones is 1. The second-order valence-corrected chi connectivity index (χ2v) is 2.87. The molecule has 1 aromatic carbocycles. The first-order valence-corrected chi connectivity index (χ1v) is 5.39. The van der Waals surface area contributed by atoms with Crippen LogP contribution in [0.2, 0.25) is 0 Å². The molecule has 0 bridgehead atoms. The fraction of sp³-hybridized carbons (Fsp3) is 0.385. The molecule has 3 heteroatoms. The Balaban J connectivity index is 0.00000106. The number of esters is 1. The Bertz CT molecular complexity index is 317. The summed E-state index contributed by atoms with van der Waals surface area (Å²) < 4.78 is 4.45. The van der Waals surface area contributed by atoms with Crippen LogP contribution in [0.4, 0.5) is 0 Å². The van der Waals surface area contributed by atoms with Gasteiger partial charge in [-0.2, -0.15) is 0 Å². The molecule has 0 amide bonds. The van der Waals surface area contributed by atoms with Crippen LogP contribution in [0.1, 0.15) is 37.0 Å². The zero-order valence-corrected chi connectivity index (χ0v) is 10.0. The Morgan fingerprint density at radius 1 is 1.06 bits per heavy atom. The Kier molecular flexibility index (Phi) is 7.76. The summed E-state index contributed by atoms with van der Waals surface area (Å²) in [4.78, 5) is 22.2. The highest BCUT2D eigenvalue weighted by Gasteiger charge is 2.08. The van der Waals surface area contributed by atoms with E-state index >= 15 is 0 Å². The molecule has 1 aromatic rings. The normalized spacial score (nSPS) is 8.69. The minimum absolute atomic E-state index is 0.0315. The van der Waals surface area contributed by atoms with Crippen LogP contribution in [-0.4, -0.2) is 18.9 Å². The third kappa shape index (κ3) is 5.29. The number of hydrogen-bond donors (Lipinski definition) is 0. The SMILES string of the molecule is CC.COC(=O)CCC(=O)c1ccccc1. The lowest BCUT2D eigenvalue weighted by molar-refractivity contribution is -0.140. The third-order valence-corrected chi connectivity index (χ3v) is 1.88.